The van der Waals surface area contributed by atoms with Crippen molar-refractivity contribution in [2.24, 2.45) is 0 Å². The number of anilines is 3. The first-order valence-electron chi connectivity index (χ1n) is 13.1. The van der Waals surface area contributed by atoms with Crippen molar-refractivity contribution in [2.45, 2.75) is 64.5 Å². The number of carbonyl (C=O) groups excluding carboxylic acids is 1. The van der Waals surface area contributed by atoms with Crippen molar-refractivity contribution in [1.29, 1.82) is 0 Å². The number of fused-ring (bicyclic) bond motifs is 1. The lowest BCUT2D eigenvalue weighted by atomic mass is 9.95. The fourth-order valence-corrected chi connectivity index (χ4v) is 5.03. The van der Waals surface area contributed by atoms with E-state index in [-0.39, 0.29) is 17.7 Å². The molecule has 10 nitrogen and oxygen atoms in total. The van der Waals surface area contributed by atoms with Crippen LogP contribution < -0.4 is 15.8 Å². The Morgan fingerprint density at radius 3 is 2.41 bits per heavy atom. The summed E-state index contributed by atoms with van der Waals surface area (Å²) in [5, 5.41) is 4.03. The highest BCUT2D eigenvalue weighted by Crippen LogP contribution is 2.29. The van der Waals surface area contributed by atoms with Gasteiger partial charge < -0.3 is 19.9 Å². The van der Waals surface area contributed by atoms with Crippen LogP contribution in [0.2, 0.25) is 0 Å². The van der Waals surface area contributed by atoms with Crippen LogP contribution in [0.25, 0.3) is 11.0 Å². The molecule has 0 bridgehead atoms. The van der Waals surface area contributed by atoms with Crippen LogP contribution in [0.1, 0.15) is 58.9 Å². The summed E-state index contributed by atoms with van der Waals surface area (Å²) in [5.41, 5.74) is 1.14. The third-order valence-electron chi connectivity index (χ3n) is 6.89. The maximum absolute atomic E-state index is 12.7. The molecule has 5 rings (SSSR count). The van der Waals surface area contributed by atoms with Gasteiger partial charge in [-0.05, 0) is 51.8 Å². The number of rotatable bonds is 4. The molecule has 4 heterocycles. The van der Waals surface area contributed by atoms with E-state index in [9.17, 15) is 9.59 Å². The van der Waals surface area contributed by atoms with Gasteiger partial charge >= 0.3 is 6.09 Å². The number of hydrogen-bond donors (Lipinski definition) is 1. The molecule has 1 aliphatic carbocycles. The number of ether oxygens (including phenoxy) is 1. The number of piperazine rings is 1. The van der Waals surface area contributed by atoms with Crippen molar-refractivity contribution < 1.29 is 9.53 Å². The van der Waals surface area contributed by atoms with E-state index in [0.717, 1.165) is 36.8 Å². The number of carbonyl (C=O) groups is 1. The van der Waals surface area contributed by atoms with Gasteiger partial charge in [0, 0.05) is 49.9 Å². The van der Waals surface area contributed by atoms with Crippen LogP contribution in [0.5, 0.6) is 0 Å². The minimum atomic E-state index is -0.497. The van der Waals surface area contributed by atoms with E-state index in [0.29, 0.717) is 43.6 Å². The van der Waals surface area contributed by atoms with Crippen LogP contribution in [0.3, 0.4) is 0 Å². The molecule has 2 fully saturated rings. The average molecular weight is 506 g/mol. The van der Waals surface area contributed by atoms with Crippen molar-refractivity contribution in [1.82, 2.24) is 24.4 Å². The molecule has 2 aliphatic rings. The van der Waals surface area contributed by atoms with Gasteiger partial charge in [-0.15, -0.1) is 0 Å². The summed E-state index contributed by atoms with van der Waals surface area (Å²) in [6.07, 6.45) is 8.79. The normalized spacial score (nSPS) is 17.2. The van der Waals surface area contributed by atoms with Crippen LogP contribution in [-0.2, 0) is 4.74 Å². The quantitative estimate of drug-likeness (QED) is 0.553. The highest BCUT2D eigenvalue weighted by atomic mass is 16.6. The number of nitrogens with one attached hydrogen (secondary N) is 1. The molecule has 1 saturated heterocycles. The third-order valence-corrected chi connectivity index (χ3v) is 6.89. The zero-order valence-corrected chi connectivity index (χ0v) is 21.8. The maximum atomic E-state index is 12.7. The minimum absolute atomic E-state index is 0.0155. The molecule has 3 aromatic rings. The molecule has 0 aromatic carbocycles. The Morgan fingerprint density at radius 1 is 0.973 bits per heavy atom. The first-order valence-corrected chi connectivity index (χ1v) is 13.1. The Bertz CT molecular complexity index is 1300. The van der Waals surface area contributed by atoms with E-state index in [2.05, 4.69) is 20.2 Å². The van der Waals surface area contributed by atoms with Crippen LogP contribution in [0.4, 0.5) is 22.2 Å². The summed E-state index contributed by atoms with van der Waals surface area (Å²) in [4.78, 5) is 42.7. The molecule has 0 unspecified atom stereocenters. The number of nitrogens with zero attached hydrogens (tertiary/aromatic N) is 6. The topological polar surface area (TPSA) is 105 Å². The molecule has 0 atom stereocenters. The van der Waals surface area contributed by atoms with Gasteiger partial charge in [0.05, 0.1) is 11.9 Å². The molecule has 3 aromatic heterocycles. The number of amides is 1. The standard InChI is InChI=1S/C27H35N7O3/c1-27(2,3)37-26(36)33-15-13-32(14-16-33)21-10-11-22(28-18-21)30-25-29-17-19-9-12-23(35)34(24(19)31-25)20-7-5-4-6-8-20/h9-12,17-18,20H,4-8,13-16H2,1-3H3,(H,28,29,30,31). The predicted molar refractivity (Wildman–Crippen MR) is 143 cm³/mol. The van der Waals surface area contributed by atoms with Crippen molar-refractivity contribution in [3.05, 3.63) is 47.0 Å². The molecule has 1 saturated carbocycles. The van der Waals surface area contributed by atoms with Gasteiger partial charge in [-0.2, -0.15) is 4.98 Å². The Kier molecular flexibility index (Phi) is 6.99. The van der Waals surface area contributed by atoms with Crippen LogP contribution in [0.15, 0.2) is 41.5 Å². The lowest BCUT2D eigenvalue weighted by Crippen LogP contribution is -2.50. The van der Waals surface area contributed by atoms with E-state index < -0.39 is 5.60 Å². The predicted octanol–water partition coefficient (Wildman–Crippen LogP) is 4.49. The lowest BCUT2D eigenvalue weighted by molar-refractivity contribution is 0.0240. The van der Waals surface area contributed by atoms with Gasteiger partial charge in [-0.1, -0.05) is 19.3 Å². The molecule has 37 heavy (non-hydrogen) atoms. The molecule has 0 radical (unpaired) electrons. The largest absolute Gasteiger partial charge is 0.444 e. The summed E-state index contributed by atoms with van der Waals surface area (Å²) in [5.74, 6) is 1.03. The monoisotopic (exact) mass is 505 g/mol. The minimum Gasteiger partial charge on any atom is -0.444 e. The first-order chi connectivity index (χ1) is 17.8. The van der Waals surface area contributed by atoms with Gasteiger partial charge in [-0.3, -0.25) is 9.36 Å². The maximum Gasteiger partial charge on any atom is 0.410 e. The summed E-state index contributed by atoms with van der Waals surface area (Å²) < 4.78 is 7.32. The Labute approximate surface area is 216 Å². The van der Waals surface area contributed by atoms with E-state index in [4.69, 9.17) is 9.72 Å². The SMILES string of the molecule is CC(C)(C)OC(=O)N1CCN(c2ccc(Nc3ncc4ccc(=O)n(C5CCCCC5)c4n3)nc2)CC1. The van der Waals surface area contributed by atoms with Crippen LogP contribution in [0, 0.1) is 0 Å². The zero-order chi connectivity index (χ0) is 26.0. The Hall–Kier alpha value is -3.69. The third kappa shape index (κ3) is 5.84. The van der Waals surface area contributed by atoms with E-state index in [1.165, 1.54) is 6.42 Å². The first kappa shape index (κ1) is 25.0. The van der Waals surface area contributed by atoms with Gasteiger partial charge in [0.25, 0.3) is 5.56 Å². The molecule has 1 amide bonds. The van der Waals surface area contributed by atoms with Crippen molar-refractivity contribution >= 4 is 34.6 Å². The second-order valence-corrected chi connectivity index (χ2v) is 10.8. The van der Waals surface area contributed by atoms with E-state index >= 15 is 0 Å². The summed E-state index contributed by atoms with van der Waals surface area (Å²) in [7, 11) is 0. The lowest BCUT2D eigenvalue weighted by Gasteiger charge is -2.36. The van der Waals surface area contributed by atoms with Crippen LogP contribution in [-0.4, -0.2) is 62.3 Å². The second-order valence-electron chi connectivity index (χ2n) is 10.8. The highest BCUT2D eigenvalue weighted by molar-refractivity contribution is 5.75. The van der Waals surface area contributed by atoms with Crippen molar-refractivity contribution in [2.75, 3.05) is 36.4 Å². The van der Waals surface area contributed by atoms with Gasteiger partial charge in [-0.25, -0.2) is 14.8 Å². The zero-order valence-electron chi connectivity index (χ0n) is 21.8. The summed E-state index contributed by atoms with van der Waals surface area (Å²) in [6.45, 7) is 8.24. The van der Waals surface area contributed by atoms with Crippen molar-refractivity contribution in [3.8, 4) is 0 Å². The number of pyridine rings is 2. The fraction of sp³-hybridized carbons (Fsp3) is 0.519. The van der Waals surface area contributed by atoms with Gasteiger partial charge in [0.2, 0.25) is 5.95 Å². The molecular weight excluding hydrogens is 470 g/mol. The molecule has 1 N–H and O–H groups in total. The second kappa shape index (κ2) is 10.4. The molecule has 1 aliphatic heterocycles. The number of hydrogen-bond acceptors (Lipinski definition) is 8. The number of aromatic nitrogens is 4. The van der Waals surface area contributed by atoms with Crippen molar-refractivity contribution in [3.63, 3.8) is 0 Å². The molecule has 0 spiro atoms. The Morgan fingerprint density at radius 2 is 1.73 bits per heavy atom. The van der Waals surface area contributed by atoms with E-state index in [1.807, 2.05) is 43.7 Å². The molecule has 10 heteroatoms. The smallest absolute Gasteiger partial charge is 0.410 e. The van der Waals surface area contributed by atoms with E-state index in [1.54, 1.807) is 23.2 Å². The van der Waals surface area contributed by atoms with Gasteiger partial charge in [0.15, 0.2) is 0 Å². The summed E-state index contributed by atoms with van der Waals surface area (Å²) >= 11 is 0. The Balaban J connectivity index is 1.26. The summed E-state index contributed by atoms with van der Waals surface area (Å²) in [6, 6.07) is 7.47. The average Bonchev–Trinajstić information content (AvgIpc) is 2.89. The van der Waals surface area contributed by atoms with Gasteiger partial charge in [0.1, 0.15) is 17.1 Å². The molecule has 196 valence electrons. The fourth-order valence-electron chi connectivity index (χ4n) is 5.03. The molecular formula is C27H35N7O3. The highest BCUT2D eigenvalue weighted by Gasteiger charge is 2.26. The van der Waals surface area contributed by atoms with Crippen LogP contribution >= 0.6 is 0 Å².